The average molecular weight is 250 g/mol. The van der Waals surface area contributed by atoms with E-state index in [1.54, 1.807) is 12.3 Å². The Morgan fingerprint density at radius 3 is 2.10 bits per heavy atom. The second-order valence-electron chi connectivity index (χ2n) is 1.25. The first-order valence-corrected chi connectivity index (χ1v) is 10.7. The van der Waals surface area contributed by atoms with Gasteiger partial charge >= 0.3 is 34.5 Å². The maximum absolute atomic E-state index is 5.43. The van der Waals surface area contributed by atoms with Gasteiger partial charge in [0.1, 0.15) is 5.15 Å². The normalized spacial score (nSPS) is 7.10. The Kier molecular flexibility index (Phi) is 8.25. The zero-order chi connectivity index (χ0) is 7.82. The summed E-state index contributed by atoms with van der Waals surface area (Å²) >= 11 is 4.50. The number of hydrogen-bond donors (Lipinski definition) is 0. The molecule has 0 N–H and O–H groups in total. The third-order valence-corrected chi connectivity index (χ3v) is 0.852. The van der Waals surface area contributed by atoms with Crippen LogP contribution in [0.2, 0.25) is 5.15 Å². The number of halogens is 3. The van der Waals surface area contributed by atoms with Gasteiger partial charge in [-0.25, -0.2) is 4.98 Å². The van der Waals surface area contributed by atoms with Crippen LogP contribution < -0.4 is 0 Å². The fraction of sp³-hybridized carbons (Fsp3) is 0. The van der Waals surface area contributed by atoms with E-state index in [2.05, 4.69) is 4.98 Å². The van der Waals surface area contributed by atoms with E-state index in [1.807, 2.05) is 12.1 Å². The Bertz CT molecular complexity index is 158. The van der Waals surface area contributed by atoms with Gasteiger partial charge in [-0.15, -0.1) is 0 Å². The van der Waals surface area contributed by atoms with E-state index in [4.69, 9.17) is 31.0 Å². The molecule has 1 rings (SSSR count). The molecule has 1 aromatic heterocycles. The SMILES string of the molecule is Clc1ccccn1.[Cl][Zn][Cl]. The zero-order valence-electron chi connectivity index (χ0n) is 5.10. The second kappa shape index (κ2) is 7.75. The number of nitrogens with zero attached hydrogens (tertiary/aromatic N) is 1. The Balaban J connectivity index is 0.000000236. The van der Waals surface area contributed by atoms with Crippen molar-refractivity contribution in [2.24, 2.45) is 0 Å². The quantitative estimate of drug-likeness (QED) is 0.509. The molecule has 5 heteroatoms. The second-order valence-corrected chi connectivity index (χ2v) is 6.26. The van der Waals surface area contributed by atoms with E-state index in [0.717, 1.165) is 0 Å². The van der Waals surface area contributed by atoms with Crippen LogP contribution in [0.1, 0.15) is 0 Å². The Morgan fingerprint density at radius 1 is 1.30 bits per heavy atom. The Labute approximate surface area is 80.4 Å². The van der Waals surface area contributed by atoms with Crippen LogP contribution >= 0.6 is 31.0 Å². The number of hydrogen-bond acceptors (Lipinski definition) is 1. The Morgan fingerprint density at radius 2 is 1.90 bits per heavy atom. The van der Waals surface area contributed by atoms with Crippen LogP contribution in [-0.2, 0) is 15.1 Å². The van der Waals surface area contributed by atoms with Gasteiger partial charge in [-0.05, 0) is 12.1 Å². The van der Waals surface area contributed by atoms with Crippen LogP contribution in [0.15, 0.2) is 24.4 Å². The van der Waals surface area contributed by atoms with Crippen LogP contribution in [0, 0.1) is 0 Å². The van der Waals surface area contributed by atoms with E-state index < -0.39 is 15.1 Å². The molecule has 0 fully saturated rings. The van der Waals surface area contributed by atoms with Gasteiger partial charge in [-0.3, -0.25) is 0 Å². The molecule has 0 atom stereocenters. The molecule has 0 aliphatic heterocycles. The van der Waals surface area contributed by atoms with Crippen LogP contribution in [-0.4, -0.2) is 4.98 Å². The van der Waals surface area contributed by atoms with Crippen LogP contribution in [0.4, 0.5) is 0 Å². The summed E-state index contributed by atoms with van der Waals surface area (Å²) in [5.74, 6) is 0. The molecular weight excluding hydrogens is 246 g/mol. The predicted molar refractivity (Wildman–Crippen MR) is 41.0 cm³/mol. The third kappa shape index (κ3) is 6.76. The van der Waals surface area contributed by atoms with Crippen LogP contribution in [0.5, 0.6) is 0 Å². The minimum absolute atomic E-state index is 0.544. The molecule has 0 bridgehead atoms. The van der Waals surface area contributed by atoms with Crippen molar-refractivity contribution in [1.82, 2.24) is 4.98 Å². The molecule has 0 spiro atoms. The molecule has 0 aromatic carbocycles. The monoisotopic (exact) mass is 247 g/mol. The van der Waals surface area contributed by atoms with Gasteiger partial charge < -0.3 is 0 Å². The summed E-state index contributed by atoms with van der Waals surface area (Å²) in [6.45, 7) is 0. The molecule has 0 unspecified atom stereocenters. The molecule has 0 aliphatic carbocycles. The van der Waals surface area contributed by atoms with E-state index >= 15 is 0 Å². The number of rotatable bonds is 0. The van der Waals surface area contributed by atoms with Gasteiger partial charge in [-0.2, -0.15) is 0 Å². The first kappa shape index (κ1) is 10.6. The van der Waals surface area contributed by atoms with Crippen molar-refractivity contribution in [1.29, 1.82) is 0 Å². The topological polar surface area (TPSA) is 12.9 Å². The van der Waals surface area contributed by atoms with Crippen LogP contribution in [0.3, 0.4) is 0 Å². The molecule has 10 heavy (non-hydrogen) atoms. The molecule has 0 aliphatic rings. The van der Waals surface area contributed by atoms with Gasteiger partial charge in [-0.1, -0.05) is 17.7 Å². The van der Waals surface area contributed by atoms with Gasteiger partial charge in [0.2, 0.25) is 0 Å². The van der Waals surface area contributed by atoms with Crippen molar-refractivity contribution in [3.05, 3.63) is 29.5 Å². The summed E-state index contributed by atoms with van der Waals surface area (Å²) in [4.78, 5) is 3.74. The molecule has 0 saturated carbocycles. The summed E-state index contributed by atoms with van der Waals surface area (Å²) in [6.07, 6.45) is 1.66. The van der Waals surface area contributed by atoms with E-state index in [1.165, 1.54) is 0 Å². The number of aromatic nitrogens is 1. The molecule has 0 radical (unpaired) electrons. The van der Waals surface area contributed by atoms with Gasteiger partial charge in [0.25, 0.3) is 0 Å². The van der Waals surface area contributed by atoms with E-state index in [-0.39, 0.29) is 0 Å². The van der Waals surface area contributed by atoms with E-state index in [0.29, 0.717) is 5.15 Å². The summed E-state index contributed by atoms with van der Waals surface area (Å²) in [6, 6.07) is 5.41. The fourth-order valence-corrected chi connectivity index (χ4v) is 0.471. The molecule has 1 aromatic rings. The molecular formula is C5H4Cl3NZn. The van der Waals surface area contributed by atoms with Crippen molar-refractivity contribution >= 4 is 31.0 Å². The molecule has 0 saturated heterocycles. The zero-order valence-corrected chi connectivity index (χ0v) is 10.3. The summed E-state index contributed by atoms with van der Waals surface area (Å²) < 4.78 is 0. The maximum atomic E-state index is 5.43. The fourth-order valence-electron chi connectivity index (χ4n) is 0.342. The van der Waals surface area contributed by atoms with Gasteiger partial charge in [0.15, 0.2) is 0 Å². The van der Waals surface area contributed by atoms with E-state index in [9.17, 15) is 0 Å². The molecule has 52 valence electrons. The van der Waals surface area contributed by atoms with Crippen molar-refractivity contribution in [3.8, 4) is 0 Å². The van der Waals surface area contributed by atoms with Gasteiger partial charge in [0.05, 0.1) is 0 Å². The minimum atomic E-state index is -0.931. The summed E-state index contributed by atoms with van der Waals surface area (Å²) in [7, 11) is 9.90. The van der Waals surface area contributed by atoms with Crippen molar-refractivity contribution in [3.63, 3.8) is 0 Å². The number of pyridine rings is 1. The molecule has 1 heterocycles. The molecule has 1 nitrogen and oxygen atoms in total. The predicted octanol–water partition coefficient (Wildman–Crippen LogP) is 3.11. The summed E-state index contributed by atoms with van der Waals surface area (Å²) in [5, 5.41) is 0.544. The summed E-state index contributed by atoms with van der Waals surface area (Å²) in [5.41, 5.74) is 0. The van der Waals surface area contributed by atoms with Crippen molar-refractivity contribution in [2.45, 2.75) is 0 Å². The molecule has 0 amide bonds. The van der Waals surface area contributed by atoms with Gasteiger partial charge in [0, 0.05) is 6.20 Å². The standard InChI is InChI=1S/C5H4ClN.2ClH.Zn/c6-5-3-1-2-4-7-5;;;/h1-4H;2*1H;/q;;;+2/p-2. The van der Waals surface area contributed by atoms with Crippen molar-refractivity contribution in [2.75, 3.05) is 0 Å². The van der Waals surface area contributed by atoms with Crippen molar-refractivity contribution < 1.29 is 15.1 Å². The third-order valence-electron chi connectivity index (χ3n) is 0.629. The first-order chi connectivity index (χ1) is 4.81. The van der Waals surface area contributed by atoms with Crippen LogP contribution in [0.25, 0.3) is 0 Å². The first-order valence-electron chi connectivity index (χ1n) is 2.49. The average Bonchev–Trinajstić information content (AvgIpc) is 1.91. The Hall–Kier alpha value is 0.643.